The van der Waals surface area contributed by atoms with Crippen molar-refractivity contribution in [3.8, 4) is 0 Å². The molecule has 0 aromatic carbocycles. The molecule has 27 heavy (non-hydrogen) atoms. The molecule has 7 atom stereocenters. The van der Waals surface area contributed by atoms with Crippen LogP contribution in [0.4, 0.5) is 0 Å². The van der Waals surface area contributed by atoms with Gasteiger partial charge in [-0.1, -0.05) is 37.6 Å². The minimum absolute atomic E-state index is 0.126. The standard InChI is InChI=1S/C24H31NO2/c1-23-9-7-17(26)12-16(23)13-21(27)22-19-6-5-18(15-4-3-11-25-14-15)24(19,2)10-8-20(22)23/h3-5,11,13-14,17,19-22,26-27H,6-10,12H2,1-2H3/t17-,19+,20+,21+,22+,23+,24-/m1/s1. The van der Waals surface area contributed by atoms with Gasteiger partial charge in [0.1, 0.15) is 0 Å². The predicted molar refractivity (Wildman–Crippen MR) is 107 cm³/mol. The number of aromatic nitrogens is 1. The molecule has 4 aliphatic rings. The van der Waals surface area contributed by atoms with Gasteiger partial charge < -0.3 is 10.2 Å². The Morgan fingerprint density at radius 2 is 1.89 bits per heavy atom. The average molecular weight is 366 g/mol. The number of nitrogens with zero attached hydrogens (tertiary/aromatic N) is 1. The highest BCUT2D eigenvalue weighted by molar-refractivity contribution is 5.72. The second-order valence-corrected chi connectivity index (χ2v) is 9.84. The minimum atomic E-state index is -0.380. The zero-order chi connectivity index (χ0) is 18.8. The van der Waals surface area contributed by atoms with E-state index in [4.69, 9.17) is 0 Å². The average Bonchev–Trinajstić information content (AvgIpc) is 3.01. The SMILES string of the molecule is C[C@]12CC[C@@H](O)CC1=C[C@H](O)[C@@H]1[C@@H]2CC[C@]2(C)C(c3cccnc3)=CC[C@@H]12. The fourth-order valence-corrected chi connectivity index (χ4v) is 7.17. The van der Waals surface area contributed by atoms with E-state index in [1.54, 1.807) is 0 Å². The van der Waals surface area contributed by atoms with Crippen LogP contribution >= 0.6 is 0 Å². The van der Waals surface area contributed by atoms with Crippen molar-refractivity contribution >= 4 is 5.57 Å². The molecule has 144 valence electrons. The van der Waals surface area contributed by atoms with Crippen molar-refractivity contribution in [3.63, 3.8) is 0 Å². The topological polar surface area (TPSA) is 53.4 Å². The van der Waals surface area contributed by atoms with E-state index in [0.717, 1.165) is 32.1 Å². The molecule has 0 unspecified atom stereocenters. The van der Waals surface area contributed by atoms with Crippen molar-refractivity contribution in [2.45, 2.75) is 64.6 Å². The van der Waals surface area contributed by atoms with Gasteiger partial charge in [-0.15, -0.1) is 0 Å². The summed E-state index contributed by atoms with van der Waals surface area (Å²) in [7, 11) is 0. The monoisotopic (exact) mass is 365 g/mol. The van der Waals surface area contributed by atoms with Gasteiger partial charge in [0.15, 0.2) is 0 Å². The molecule has 2 N–H and O–H groups in total. The summed E-state index contributed by atoms with van der Waals surface area (Å²) in [5.41, 5.74) is 4.28. The molecule has 0 saturated heterocycles. The Kier molecular flexibility index (Phi) is 3.93. The minimum Gasteiger partial charge on any atom is -0.393 e. The lowest BCUT2D eigenvalue weighted by molar-refractivity contribution is -0.0731. The summed E-state index contributed by atoms with van der Waals surface area (Å²) in [6.45, 7) is 4.82. The maximum atomic E-state index is 11.2. The normalized spacial score (nSPS) is 46.0. The maximum absolute atomic E-state index is 11.2. The Labute approximate surface area is 162 Å². The fraction of sp³-hybridized carbons (Fsp3) is 0.625. The number of pyridine rings is 1. The first kappa shape index (κ1) is 17.6. The second-order valence-electron chi connectivity index (χ2n) is 9.84. The number of allylic oxidation sites excluding steroid dienone is 2. The van der Waals surface area contributed by atoms with Crippen molar-refractivity contribution < 1.29 is 10.2 Å². The van der Waals surface area contributed by atoms with Crippen LogP contribution in [0.1, 0.15) is 57.9 Å². The number of fused-ring (bicyclic) bond motifs is 5. The molecule has 0 amide bonds. The van der Waals surface area contributed by atoms with Crippen LogP contribution in [0.3, 0.4) is 0 Å². The highest BCUT2D eigenvalue weighted by Gasteiger charge is 2.59. The van der Waals surface area contributed by atoms with Gasteiger partial charge in [0.25, 0.3) is 0 Å². The van der Waals surface area contributed by atoms with Crippen molar-refractivity contribution in [2.24, 2.45) is 28.6 Å². The molecular formula is C24H31NO2. The number of hydrogen-bond donors (Lipinski definition) is 2. The molecule has 3 nitrogen and oxygen atoms in total. The summed E-state index contributed by atoms with van der Waals surface area (Å²) in [4.78, 5) is 4.34. The van der Waals surface area contributed by atoms with Crippen LogP contribution in [-0.2, 0) is 0 Å². The summed E-state index contributed by atoms with van der Waals surface area (Å²) in [6.07, 6.45) is 13.9. The Morgan fingerprint density at radius 1 is 1.07 bits per heavy atom. The smallest absolute Gasteiger partial charge is 0.0757 e. The van der Waals surface area contributed by atoms with Crippen LogP contribution in [0.5, 0.6) is 0 Å². The molecule has 2 fully saturated rings. The van der Waals surface area contributed by atoms with Gasteiger partial charge in [-0.3, -0.25) is 4.98 Å². The molecule has 2 saturated carbocycles. The van der Waals surface area contributed by atoms with Crippen LogP contribution < -0.4 is 0 Å². The van der Waals surface area contributed by atoms with Crippen LogP contribution in [-0.4, -0.2) is 27.4 Å². The van der Waals surface area contributed by atoms with Crippen LogP contribution in [0.2, 0.25) is 0 Å². The number of hydrogen-bond acceptors (Lipinski definition) is 3. The lowest BCUT2D eigenvalue weighted by atomic mass is 9.46. The zero-order valence-electron chi connectivity index (χ0n) is 16.4. The van der Waals surface area contributed by atoms with Gasteiger partial charge in [0, 0.05) is 12.4 Å². The first-order valence-electron chi connectivity index (χ1n) is 10.6. The number of rotatable bonds is 1. The quantitative estimate of drug-likeness (QED) is 0.727. The van der Waals surface area contributed by atoms with Gasteiger partial charge >= 0.3 is 0 Å². The third kappa shape index (κ3) is 2.44. The number of aliphatic hydroxyl groups excluding tert-OH is 2. The molecular weight excluding hydrogens is 334 g/mol. The summed E-state index contributed by atoms with van der Waals surface area (Å²) >= 11 is 0. The largest absolute Gasteiger partial charge is 0.393 e. The first-order chi connectivity index (χ1) is 12.9. The van der Waals surface area contributed by atoms with Gasteiger partial charge in [-0.05, 0) is 84.3 Å². The van der Waals surface area contributed by atoms with Crippen LogP contribution in [0.15, 0.2) is 42.3 Å². The van der Waals surface area contributed by atoms with E-state index >= 15 is 0 Å². The molecule has 0 radical (unpaired) electrons. The highest BCUT2D eigenvalue weighted by atomic mass is 16.3. The van der Waals surface area contributed by atoms with E-state index in [2.05, 4.69) is 37.0 Å². The van der Waals surface area contributed by atoms with Crippen molar-refractivity contribution in [1.82, 2.24) is 4.98 Å². The Bertz CT molecular complexity index is 800. The van der Waals surface area contributed by atoms with E-state index < -0.39 is 0 Å². The van der Waals surface area contributed by atoms with Gasteiger partial charge in [-0.2, -0.15) is 0 Å². The molecule has 0 spiro atoms. The van der Waals surface area contributed by atoms with E-state index in [1.165, 1.54) is 23.1 Å². The van der Waals surface area contributed by atoms with E-state index in [9.17, 15) is 10.2 Å². The van der Waals surface area contributed by atoms with Gasteiger partial charge in [-0.25, -0.2) is 0 Å². The van der Waals surface area contributed by atoms with Crippen molar-refractivity contribution in [3.05, 3.63) is 47.8 Å². The Morgan fingerprint density at radius 3 is 2.67 bits per heavy atom. The van der Waals surface area contributed by atoms with Gasteiger partial charge in [0.05, 0.1) is 12.2 Å². The summed E-state index contributed by atoms with van der Waals surface area (Å²) in [6, 6.07) is 4.20. The van der Waals surface area contributed by atoms with E-state index in [1.807, 2.05) is 18.5 Å². The van der Waals surface area contributed by atoms with E-state index in [0.29, 0.717) is 17.8 Å². The lowest BCUT2D eigenvalue weighted by Crippen LogP contribution is -2.54. The third-order valence-electron chi connectivity index (χ3n) is 8.66. The Hall–Kier alpha value is -1.45. The second kappa shape index (κ2) is 6.02. The van der Waals surface area contributed by atoms with E-state index in [-0.39, 0.29) is 23.0 Å². The molecule has 3 heteroatoms. The maximum Gasteiger partial charge on any atom is 0.0757 e. The third-order valence-corrected chi connectivity index (χ3v) is 8.66. The fourth-order valence-electron chi connectivity index (χ4n) is 7.17. The highest BCUT2D eigenvalue weighted by Crippen LogP contribution is 2.66. The van der Waals surface area contributed by atoms with Gasteiger partial charge in [0.2, 0.25) is 0 Å². The molecule has 0 aliphatic heterocycles. The van der Waals surface area contributed by atoms with Crippen molar-refractivity contribution in [2.75, 3.05) is 0 Å². The molecule has 4 aliphatic carbocycles. The van der Waals surface area contributed by atoms with Crippen molar-refractivity contribution in [1.29, 1.82) is 0 Å². The summed E-state index contributed by atoms with van der Waals surface area (Å²) in [5.74, 6) is 1.33. The first-order valence-corrected chi connectivity index (χ1v) is 10.6. The molecule has 5 rings (SSSR count). The Balaban J connectivity index is 1.52. The number of aliphatic hydroxyl groups is 2. The summed E-state index contributed by atoms with van der Waals surface area (Å²) in [5, 5.41) is 21.3. The zero-order valence-corrected chi connectivity index (χ0v) is 16.4. The predicted octanol–water partition coefficient (Wildman–Crippen LogP) is 4.37. The molecule has 1 aromatic heterocycles. The van der Waals surface area contributed by atoms with Crippen LogP contribution in [0.25, 0.3) is 5.57 Å². The van der Waals surface area contributed by atoms with Crippen LogP contribution in [0, 0.1) is 28.6 Å². The molecule has 0 bridgehead atoms. The lowest BCUT2D eigenvalue weighted by Gasteiger charge is -2.58. The summed E-state index contributed by atoms with van der Waals surface area (Å²) < 4.78 is 0. The molecule has 1 aromatic rings. The molecule has 1 heterocycles.